The summed E-state index contributed by atoms with van der Waals surface area (Å²) in [5, 5.41) is 30.8. The summed E-state index contributed by atoms with van der Waals surface area (Å²) in [6.45, 7) is 2.11. The molecule has 1 aromatic rings. The lowest BCUT2D eigenvalue weighted by molar-refractivity contribution is -0.143. The van der Waals surface area contributed by atoms with Crippen LogP contribution in [0.5, 0.6) is 5.75 Å². The molecular weight excluding hydrogens is 465 g/mol. The molecule has 1 saturated carbocycles. The number of allylic oxidation sites excluding steroid dienone is 2. The lowest BCUT2D eigenvalue weighted by Gasteiger charge is -2.19. The van der Waals surface area contributed by atoms with Crippen molar-refractivity contribution in [3.63, 3.8) is 0 Å². The molecule has 2 rings (SSSR count). The van der Waals surface area contributed by atoms with E-state index in [-0.39, 0.29) is 36.6 Å². The minimum Gasteiger partial charge on any atom is -0.491 e. The van der Waals surface area contributed by atoms with Crippen molar-refractivity contribution in [1.29, 1.82) is 0 Å². The van der Waals surface area contributed by atoms with Crippen LogP contribution in [0.1, 0.15) is 51.0 Å². The Labute approximate surface area is 204 Å². The molecule has 0 amide bonds. The first kappa shape index (κ1) is 28.9. The van der Waals surface area contributed by atoms with E-state index in [1.54, 1.807) is 6.08 Å². The van der Waals surface area contributed by atoms with E-state index in [9.17, 15) is 33.3 Å². The monoisotopic (exact) mass is 500 g/mol. The molecule has 0 aliphatic heterocycles. The molecule has 35 heavy (non-hydrogen) atoms. The molecule has 3 N–H and O–H groups in total. The predicted octanol–water partition coefficient (Wildman–Crippen LogP) is 4.43. The van der Waals surface area contributed by atoms with Crippen LogP contribution in [-0.4, -0.2) is 52.8 Å². The van der Waals surface area contributed by atoms with Crippen molar-refractivity contribution in [2.75, 3.05) is 13.2 Å². The third kappa shape index (κ3) is 10.0. The number of halogens is 3. The van der Waals surface area contributed by atoms with Gasteiger partial charge in [0.05, 0.1) is 24.4 Å². The number of esters is 1. The number of aliphatic hydroxyl groups excluding tert-OH is 3. The molecule has 0 spiro atoms. The summed E-state index contributed by atoms with van der Waals surface area (Å²) in [6, 6.07) is 4.41. The third-order valence-electron chi connectivity index (χ3n) is 5.85. The van der Waals surface area contributed by atoms with Gasteiger partial charge in [-0.05, 0) is 49.8 Å². The lowest BCUT2D eigenvalue weighted by atomic mass is 9.89. The highest BCUT2D eigenvalue weighted by molar-refractivity contribution is 5.69. The van der Waals surface area contributed by atoms with E-state index in [0.29, 0.717) is 32.3 Å². The molecular formula is C26H35F3O6. The Kier molecular flexibility index (Phi) is 11.8. The molecule has 5 atom stereocenters. The predicted molar refractivity (Wildman–Crippen MR) is 125 cm³/mol. The van der Waals surface area contributed by atoms with Gasteiger partial charge in [0, 0.05) is 18.8 Å². The summed E-state index contributed by atoms with van der Waals surface area (Å²) >= 11 is 0. The summed E-state index contributed by atoms with van der Waals surface area (Å²) in [7, 11) is 0. The minimum absolute atomic E-state index is 0.00904. The molecule has 6 nitrogen and oxygen atoms in total. The van der Waals surface area contributed by atoms with Gasteiger partial charge >= 0.3 is 12.1 Å². The molecule has 1 aromatic carbocycles. The summed E-state index contributed by atoms with van der Waals surface area (Å²) in [5.41, 5.74) is -0.838. The van der Waals surface area contributed by atoms with Gasteiger partial charge in [-0.25, -0.2) is 0 Å². The number of unbranched alkanes of at least 4 members (excludes halogenated alkanes) is 1. The molecule has 196 valence electrons. The fourth-order valence-corrected chi connectivity index (χ4v) is 3.99. The highest BCUT2D eigenvalue weighted by Gasteiger charge is 2.39. The zero-order chi connectivity index (χ0) is 25.8. The van der Waals surface area contributed by atoms with Gasteiger partial charge in [0.1, 0.15) is 18.5 Å². The van der Waals surface area contributed by atoms with Crippen LogP contribution in [0.25, 0.3) is 0 Å². The van der Waals surface area contributed by atoms with E-state index < -0.39 is 30.1 Å². The molecule has 9 heteroatoms. The number of carbonyl (C=O) groups excluding carboxylic acids is 1. The van der Waals surface area contributed by atoms with Crippen LogP contribution in [0.2, 0.25) is 0 Å². The van der Waals surface area contributed by atoms with Gasteiger partial charge in [0.15, 0.2) is 0 Å². The normalized spacial score (nSPS) is 23.7. The van der Waals surface area contributed by atoms with E-state index >= 15 is 0 Å². The molecule has 0 unspecified atom stereocenters. The Morgan fingerprint density at radius 3 is 2.71 bits per heavy atom. The van der Waals surface area contributed by atoms with E-state index in [1.807, 2.05) is 19.1 Å². The van der Waals surface area contributed by atoms with E-state index in [2.05, 4.69) is 0 Å². The van der Waals surface area contributed by atoms with Crippen LogP contribution in [0, 0.1) is 11.8 Å². The van der Waals surface area contributed by atoms with Crippen molar-refractivity contribution < 1.29 is 42.8 Å². The van der Waals surface area contributed by atoms with Crippen molar-refractivity contribution in [1.82, 2.24) is 0 Å². The van der Waals surface area contributed by atoms with E-state index in [0.717, 1.165) is 18.6 Å². The van der Waals surface area contributed by atoms with Crippen LogP contribution in [0.3, 0.4) is 0 Å². The van der Waals surface area contributed by atoms with Crippen LogP contribution in [-0.2, 0) is 15.7 Å². The van der Waals surface area contributed by atoms with Gasteiger partial charge in [-0.1, -0.05) is 37.3 Å². The number of hydrogen-bond donors (Lipinski definition) is 3. The van der Waals surface area contributed by atoms with Crippen LogP contribution >= 0.6 is 0 Å². The Morgan fingerprint density at radius 2 is 2.00 bits per heavy atom. The molecule has 0 aromatic heterocycles. The second kappa shape index (κ2) is 14.3. The topological polar surface area (TPSA) is 96.2 Å². The van der Waals surface area contributed by atoms with Gasteiger partial charge in [-0.2, -0.15) is 13.2 Å². The first-order chi connectivity index (χ1) is 16.6. The first-order valence-corrected chi connectivity index (χ1v) is 11.9. The van der Waals surface area contributed by atoms with Gasteiger partial charge in [0.2, 0.25) is 0 Å². The van der Waals surface area contributed by atoms with Crippen molar-refractivity contribution >= 4 is 5.97 Å². The first-order valence-electron chi connectivity index (χ1n) is 11.9. The molecule has 0 saturated heterocycles. The molecule has 0 bridgehead atoms. The number of benzene rings is 1. The quantitative estimate of drug-likeness (QED) is 0.211. The average molecular weight is 501 g/mol. The van der Waals surface area contributed by atoms with Crippen molar-refractivity contribution in [3.8, 4) is 5.75 Å². The summed E-state index contributed by atoms with van der Waals surface area (Å²) in [5.74, 6) is -0.855. The molecule has 1 fully saturated rings. The zero-order valence-electron chi connectivity index (χ0n) is 19.9. The highest BCUT2D eigenvalue weighted by Crippen LogP contribution is 2.36. The van der Waals surface area contributed by atoms with Crippen molar-refractivity contribution in [2.24, 2.45) is 11.8 Å². The van der Waals surface area contributed by atoms with Gasteiger partial charge in [-0.15, -0.1) is 0 Å². The smallest absolute Gasteiger partial charge is 0.416 e. The number of hydrogen-bond acceptors (Lipinski definition) is 6. The maximum Gasteiger partial charge on any atom is 0.416 e. The fourth-order valence-electron chi connectivity index (χ4n) is 3.99. The zero-order valence-corrected chi connectivity index (χ0v) is 19.9. The summed E-state index contributed by atoms with van der Waals surface area (Å²) in [4.78, 5) is 11.5. The lowest BCUT2D eigenvalue weighted by Crippen LogP contribution is -2.21. The second-order valence-electron chi connectivity index (χ2n) is 8.72. The minimum atomic E-state index is -4.48. The SMILES string of the molecule is CCCOC(=O)CCCC=CC[C@@H]1[C@@H](C=C[C@@H](O)COc2cccc(C(F)(F)F)c2)[C@H](O)C[C@@H]1O. The Bertz CT molecular complexity index is 839. The number of aliphatic hydroxyl groups is 3. The number of ether oxygens (including phenoxy) is 2. The molecule has 0 heterocycles. The number of rotatable bonds is 13. The van der Waals surface area contributed by atoms with Gasteiger partial charge < -0.3 is 24.8 Å². The van der Waals surface area contributed by atoms with Crippen molar-refractivity contribution in [3.05, 3.63) is 54.1 Å². The molecule has 1 aliphatic carbocycles. The summed E-state index contributed by atoms with van der Waals surface area (Å²) < 4.78 is 48.7. The highest BCUT2D eigenvalue weighted by atomic mass is 19.4. The standard InChI is InChI=1S/C26H35F3O6/c1-2-14-34-25(33)11-6-4-3-5-10-21-22(24(32)16-23(21)31)13-12-19(30)17-35-20-9-7-8-18(15-20)26(27,28)29/h3,5,7-9,12-13,15,19,21-24,30-32H,2,4,6,10-11,14,16-17H2,1H3/t19-,21-,22-,23+,24-/m1/s1. The van der Waals surface area contributed by atoms with Gasteiger partial charge in [0.25, 0.3) is 0 Å². The van der Waals surface area contributed by atoms with Crippen molar-refractivity contribution in [2.45, 2.75) is 69.9 Å². The Hall–Kier alpha value is -2.36. The number of carbonyl (C=O) groups is 1. The Balaban J connectivity index is 1.81. The van der Waals surface area contributed by atoms with Gasteiger partial charge in [-0.3, -0.25) is 4.79 Å². The molecule has 1 aliphatic rings. The summed E-state index contributed by atoms with van der Waals surface area (Å²) in [6.07, 6.45) is 3.07. The fraction of sp³-hybridized carbons (Fsp3) is 0.577. The second-order valence-corrected chi connectivity index (χ2v) is 8.72. The third-order valence-corrected chi connectivity index (χ3v) is 5.85. The maximum atomic E-state index is 12.8. The largest absolute Gasteiger partial charge is 0.491 e. The molecule has 0 radical (unpaired) electrons. The van der Waals surface area contributed by atoms with E-state index in [1.165, 1.54) is 18.2 Å². The van der Waals surface area contributed by atoms with Crippen LogP contribution < -0.4 is 4.74 Å². The van der Waals surface area contributed by atoms with Crippen LogP contribution in [0.4, 0.5) is 13.2 Å². The Morgan fingerprint density at radius 1 is 1.23 bits per heavy atom. The number of alkyl halides is 3. The maximum absolute atomic E-state index is 12.8. The van der Waals surface area contributed by atoms with Crippen LogP contribution in [0.15, 0.2) is 48.6 Å². The average Bonchev–Trinajstić information content (AvgIpc) is 3.08. The van der Waals surface area contributed by atoms with E-state index in [4.69, 9.17) is 9.47 Å².